The van der Waals surface area contributed by atoms with E-state index in [1.165, 1.54) is 11.8 Å². The van der Waals surface area contributed by atoms with Gasteiger partial charge in [-0.15, -0.1) is 0 Å². The largest absolute Gasteiger partial charge is 0.431 e. The van der Waals surface area contributed by atoms with Crippen molar-refractivity contribution in [2.45, 2.75) is 42.3 Å². The zero-order valence-corrected chi connectivity index (χ0v) is 18.2. The molecule has 0 saturated carbocycles. The van der Waals surface area contributed by atoms with Crippen LogP contribution in [0, 0.1) is 0 Å². The molecule has 4 rings (SSSR count). The molecule has 0 radical (unpaired) electrons. The van der Waals surface area contributed by atoms with Crippen LogP contribution in [0.2, 0.25) is 0 Å². The number of piperidine rings is 1. The van der Waals surface area contributed by atoms with Crippen LogP contribution in [0.4, 0.5) is 5.69 Å². The number of fused-ring (bicyclic) bond motifs is 1. The Labute approximate surface area is 179 Å². The molecule has 1 aromatic heterocycles. The van der Waals surface area contributed by atoms with Gasteiger partial charge in [-0.25, -0.2) is 13.4 Å². The summed E-state index contributed by atoms with van der Waals surface area (Å²) in [6, 6.07) is 13.7. The molecule has 1 atom stereocenters. The number of carbonyl (C=O) groups is 1. The number of anilines is 1. The van der Waals surface area contributed by atoms with Gasteiger partial charge >= 0.3 is 0 Å². The fraction of sp³-hybridized carbons (Fsp3) is 0.333. The van der Waals surface area contributed by atoms with E-state index in [1.54, 1.807) is 28.6 Å². The number of oxazole rings is 1. The Morgan fingerprint density at radius 3 is 2.70 bits per heavy atom. The number of nitrogens with zero attached hydrogens (tertiary/aromatic N) is 2. The molecule has 1 aliphatic heterocycles. The summed E-state index contributed by atoms with van der Waals surface area (Å²) >= 11 is 1.21. The predicted octanol–water partition coefficient (Wildman–Crippen LogP) is 4.12. The lowest BCUT2D eigenvalue weighted by atomic mass is 10.1. The highest BCUT2D eigenvalue weighted by atomic mass is 32.2. The summed E-state index contributed by atoms with van der Waals surface area (Å²) in [6.45, 7) is 2.49. The molecule has 158 valence electrons. The normalized spacial score (nSPS) is 17.8. The van der Waals surface area contributed by atoms with Gasteiger partial charge in [0.25, 0.3) is 5.22 Å². The minimum atomic E-state index is -3.52. The Hall–Kier alpha value is -2.36. The van der Waals surface area contributed by atoms with Gasteiger partial charge in [-0.05, 0) is 56.2 Å². The lowest BCUT2D eigenvalue weighted by Crippen LogP contribution is -2.41. The highest BCUT2D eigenvalue weighted by molar-refractivity contribution is 7.99. The van der Waals surface area contributed by atoms with Crippen molar-refractivity contribution in [1.82, 2.24) is 9.29 Å². The van der Waals surface area contributed by atoms with Gasteiger partial charge in [0, 0.05) is 18.3 Å². The van der Waals surface area contributed by atoms with Crippen LogP contribution in [0.15, 0.2) is 63.1 Å². The number of carbonyl (C=O) groups excluding carboxylic acids is 1. The van der Waals surface area contributed by atoms with Crippen LogP contribution in [-0.4, -0.2) is 42.0 Å². The van der Waals surface area contributed by atoms with Gasteiger partial charge in [-0.2, -0.15) is 4.31 Å². The van der Waals surface area contributed by atoms with E-state index in [4.69, 9.17) is 4.42 Å². The summed E-state index contributed by atoms with van der Waals surface area (Å²) in [6.07, 6.45) is 2.82. The molecule has 3 aromatic rings. The molecule has 9 heteroatoms. The molecule has 2 aromatic carbocycles. The maximum absolute atomic E-state index is 12.9. The van der Waals surface area contributed by atoms with Gasteiger partial charge in [-0.3, -0.25) is 4.79 Å². The lowest BCUT2D eigenvalue weighted by Gasteiger charge is -2.32. The Balaban J connectivity index is 1.36. The Bertz CT molecular complexity index is 1110. The zero-order valence-electron chi connectivity index (χ0n) is 16.6. The van der Waals surface area contributed by atoms with E-state index in [1.807, 2.05) is 31.2 Å². The molecule has 1 unspecified atom stereocenters. The summed E-state index contributed by atoms with van der Waals surface area (Å²) in [5.41, 5.74) is 1.98. The van der Waals surface area contributed by atoms with Gasteiger partial charge in [0.05, 0.1) is 10.6 Å². The van der Waals surface area contributed by atoms with E-state index in [0.717, 1.165) is 24.8 Å². The number of hydrogen-bond donors (Lipinski definition) is 1. The third kappa shape index (κ3) is 4.53. The lowest BCUT2D eigenvalue weighted by molar-refractivity contribution is -0.113. The number of nitrogens with one attached hydrogen (secondary N) is 1. The second kappa shape index (κ2) is 8.79. The summed E-state index contributed by atoms with van der Waals surface area (Å²) < 4.78 is 32.9. The number of rotatable bonds is 6. The standard InChI is InChI=1S/C21H23N3O4S2/c1-15-6-4-5-13-24(15)30(26,27)17-11-9-16(10-12-17)22-20(25)14-29-21-23-18-7-2-3-8-19(18)28-21/h2-3,7-12,15H,4-6,13-14H2,1H3,(H,22,25). The monoisotopic (exact) mass is 445 g/mol. The molecular formula is C21H23N3O4S2. The van der Waals surface area contributed by atoms with Gasteiger partial charge < -0.3 is 9.73 Å². The first kappa shape index (κ1) is 20.9. The number of thioether (sulfide) groups is 1. The number of aromatic nitrogens is 1. The Kier molecular flexibility index (Phi) is 6.12. The third-order valence-electron chi connectivity index (χ3n) is 5.09. The molecule has 0 bridgehead atoms. The molecule has 2 heterocycles. The van der Waals surface area contributed by atoms with Crippen molar-refractivity contribution >= 4 is 44.5 Å². The summed E-state index contributed by atoms with van der Waals surface area (Å²) in [5, 5.41) is 3.21. The van der Waals surface area contributed by atoms with E-state index >= 15 is 0 Å². The van der Waals surface area contributed by atoms with Crippen molar-refractivity contribution in [3.8, 4) is 0 Å². The molecule has 1 saturated heterocycles. The van der Waals surface area contributed by atoms with Crippen LogP contribution < -0.4 is 5.32 Å². The Morgan fingerprint density at radius 1 is 1.20 bits per heavy atom. The Morgan fingerprint density at radius 2 is 1.97 bits per heavy atom. The summed E-state index contributed by atoms with van der Waals surface area (Å²) in [5.74, 6) is -0.0828. The van der Waals surface area contributed by atoms with E-state index in [0.29, 0.717) is 23.0 Å². The summed E-state index contributed by atoms with van der Waals surface area (Å²) in [4.78, 5) is 16.8. The minimum absolute atomic E-state index is 0.00649. The van der Waals surface area contributed by atoms with Gasteiger partial charge in [0.1, 0.15) is 5.52 Å². The van der Waals surface area contributed by atoms with Crippen LogP contribution in [0.1, 0.15) is 26.2 Å². The molecule has 30 heavy (non-hydrogen) atoms. The van der Waals surface area contributed by atoms with E-state index < -0.39 is 10.0 Å². The van der Waals surface area contributed by atoms with Crippen molar-refractivity contribution in [2.75, 3.05) is 17.6 Å². The zero-order chi connectivity index (χ0) is 21.1. The molecule has 0 aliphatic carbocycles. The van der Waals surface area contributed by atoms with Crippen molar-refractivity contribution < 1.29 is 17.6 Å². The maximum atomic E-state index is 12.9. The molecule has 1 N–H and O–H groups in total. The topological polar surface area (TPSA) is 92.5 Å². The summed E-state index contributed by atoms with van der Waals surface area (Å²) in [7, 11) is -3.52. The van der Waals surface area contributed by atoms with Crippen molar-refractivity contribution in [3.63, 3.8) is 0 Å². The van der Waals surface area contributed by atoms with Crippen LogP contribution in [0.3, 0.4) is 0 Å². The maximum Gasteiger partial charge on any atom is 0.257 e. The van der Waals surface area contributed by atoms with E-state index in [-0.39, 0.29) is 22.6 Å². The second-order valence-corrected chi connectivity index (χ2v) is 10.1. The molecular weight excluding hydrogens is 422 g/mol. The molecule has 1 fully saturated rings. The van der Waals surface area contributed by atoms with Crippen molar-refractivity contribution in [2.24, 2.45) is 0 Å². The quantitative estimate of drug-likeness (QED) is 0.574. The van der Waals surface area contributed by atoms with Crippen LogP contribution in [-0.2, 0) is 14.8 Å². The van der Waals surface area contributed by atoms with Crippen molar-refractivity contribution in [1.29, 1.82) is 0 Å². The average Bonchev–Trinajstić information content (AvgIpc) is 3.16. The van der Waals surface area contributed by atoms with Crippen molar-refractivity contribution in [3.05, 3.63) is 48.5 Å². The van der Waals surface area contributed by atoms with E-state index in [9.17, 15) is 13.2 Å². The van der Waals surface area contributed by atoms with Crippen LogP contribution >= 0.6 is 11.8 Å². The number of amides is 1. The number of benzene rings is 2. The number of hydrogen-bond acceptors (Lipinski definition) is 6. The smallest absolute Gasteiger partial charge is 0.257 e. The van der Waals surface area contributed by atoms with Crippen LogP contribution in [0.25, 0.3) is 11.1 Å². The second-order valence-electron chi connectivity index (χ2n) is 7.27. The molecule has 1 aliphatic rings. The number of para-hydroxylation sites is 2. The predicted molar refractivity (Wildman–Crippen MR) is 117 cm³/mol. The van der Waals surface area contributed by atoms with E-state index in [2.05, 4.69) is 10.3 Å². The fourth-order valence-corrected chi connectivity index (χ4v) is 5.85. The highest BCUT2D eigenvalue weighted by Gasteiger charge is 2.30. The van der Waals surface area contributed by atoms with Crippen LogP contribution in [0.5, 0.6) is 0 Å². The highest BCUT2D eigenvalue weighted by Crippen LogP contribution is 2.26. The molecule has 0 spiro atoms. The SMILES string of the molecule is CC1CCCCN1S(=O)(=O)c1ccc(NC(=O)CSc2nc3ccccc3o2)cc1. The fourth-order valence-electron chi connectivity index (χ4n) is 3.51. The minimum Gasteiger partial charge on any atom is -0.431 e. The first-order chi connectivity index (χ1) is 14.4. The average molecular weight is 446 g/mol. The van der Waals surface area contributed by atoms with Gasteiger partial charge in [-0.1, -0.05) is 30.3 Å². The van der Waals surface area contributed by atoms with Gasteiger partial charge in [0.15, 0.2) is 5.58 Å². The first-order valence-corrected chi connectivity index (χ1v) is 12.3. The molecule has 7 nitrogen and oxygen atoms in total. The first-order valence-electron chi connectivity index (χ1n) is 9.83. The molecule has 1 amide bonds. The van der Waals surface area contributed by atoms with Gasteiger partial charge in [0.2, 0.25) is 15.9 Å². The number of sulfonamides is 1. The third-order valence-corrected chi connectivity index (χ3v) is 7.94.